The molecule has 1 atom stereocenters. The molecule has 2 rings (SSSR count). The molecule has 6 heteroatoms. The first-order chi connectivity index (χ1) is 9.61. The van der Waals surface area contributed by atoms with Crippen molar-refractivity contribution in [1.82, 2.24) is 9.88 Å². The summed E-state index contributed by atoms with van der Waals surface area (Å²) in [6.07, 6.45) is 5.16. The van der Waals surface area contributed by atoms with E-state index in [1.165, 1.54) is 11.3 Å². The summed E-state index contributed by atoms with van der Waals surface area (Å²) in [6, 6.07) is -0.0459. The van der Waals surface area contributed by atoms with Gasteiger partial charge in [-0.3, -0.25) is 4.79 Å². The molecule has 0 aliphatic carbocycles. The lowest BCUT2D eigenvalue weighted by Crippen LogP contribution is -2.38. The lowest BCUT2D eigenvalue weighted by Gasteiger charge is -2.29. The molecule has 1 fully saturated rings. The Morgan fingerprint density at radius 2 is 2.30 bits per heavy atom. The number of piperidine rings is 1. The number of thiazole rings is 1. The van der Waals surface area contributed by atoms with Gasteiger partial charge < -0.3 is 10.6 Å². The summed E-state index contributed by atoms with van der Waals surface area (Å²) in [7, 11) is 0. The number of hydrogen-bond donors (Lipinski definition) is 1. The summed E-state index contributed by atoms with van der Waals surface area (Å²) in [5.41, 5.74) is 6.67. The fraction of sp³-hybridized carbons (Fsp3) is 0.714. The van der Waals surface area contributed by atoms with Crippen molar-refractivity contribution in [1.29, 1.82) is 0 Å². The maximum atomic E-state index is 12.4. The monoisotopic (exact) mass is 313 g/mol. The number of carbonyl (C=O) groups is 1. The number of nitrogens with two attached hydrogens (primary N) is 1. The SMILES string of the molecule is CSCCC(N)c1nc(C(=O)N2CCC(C)CC2)cs1. The molecule has 0 bridgehead atoms. The molecule has 0 spiro atoms. The Kier molecular flexibility index (Phi) is 5.86. The minimum atomic E-state index is -0.0459. The van der Waals surface area contributed by atoms with Gasteiger partial charge in [0.1, 0.15) is 10.7 Å². The van der Waals surface area contributed by atoms with Gasteiger partial charge in [0.05, 0.1) is 6.04 Å². The van der Waals surface area contributed by atoms with E-state index in [1.54, 1.807) is 11.8 Å². The standard InChI is InChI=1S/C14H23N3OS2/c1-10-3-6-17(7-4-10)14(18)12-9-20-13(16-12)11(15)5-8-19-2/h9-11H,3-8,15H2,1-2H3. The highest BCUT2D eigenvalue weighted by Gasteiger charge is 2.23. The van der Waals surface area contributed by atoms with Gasteiger partial charge in [0.25, 0.3) is 5.91 Å². The smallest absolute Gasteiger partial charge is 0.273 e. The van der Waals surface area contributed by atoms with Gasteiger partial charge in [0.2, 0.25) is 0 Å². The molecule has 0 aromatic carbocycles. The van der Waals surface area contributed by atoms with Gasteiger partial charge in [-0.15, -0.1) is 11.3 Å². The van der Waals surface area contributed by atoms with E-state index in [2.05, 4.69) is 18.2 Å². The maximum Gasteiger partial charge on any atom is 0.273 e. The van der Waals surface area contributed by atoms with E-state index in [4.69, 9.17) is 5.73 Å². The zero-order valence-electron chi connectivity index (χ0n) is 12.2. The highest BCUT2D eigenvalue weighted by Crippen LogP contribution is 2.23. The third-order valence-corrected chi connectivity index (χ3v) is 5.38. The third kappa shape index (κ3) is 3.96. The summed E-state index contributed by atoms with van der Waals surface area (Å²) in [5, 5.41) is 2.74. The summed E-state index contributed by atoms with van der Waals surface area (Å²) in [5.74, 6) is 1.81. The number of thioether (sulfide) groups is 1. The highest BCUT2D eigenvalue weighted by molar-refractivity contribution is 7.98. The highest BCUT2D eigenvalue weighted by atomic mass is 32.2. The molecule has 1 amide bonds. The van der Waals surface area contributed by atoms with E-state index in [1.807, 2.05) is 10.3 Å². The second-order valence-electron chi connectivity index (χ2n) is 5.43. The molecular weight excluding hydrogens is 290 g/mol. The van der Waals surface area contributed by atoms with Crippen molar-refractivity contribution in [3.63, 3.8) is 0 Å². The van der Waals surface area contributed by atoms with Crippen LogP contribution in [0.5, 0.6) is 0 Å². The summed E-state index contributed by atoms with van der Waals surface area (Å²) >= 11 is 3.29. The number of carbonyl (C=O) groups excluding carboxylic acids is 1. The second kappa shape index (κ2) is 7.43. The Bertz CT molecular complexity index is 441. The Hall–Kier alpha value is -0.590. The normalized spacial score (nSPS) is 18.2. The van der Waals surface area contributed by atoms with Crippen LogP contribution in [0.1, 0.15) is 47.7 Å². The first-order valence-electron chi connectivity index (χ1n) is 7.11. The molecule has 2 N–H and O–H groups in total. The molecule has 1 aliphatic heterocycles. The van der Waals surface area contributed by atoms with Gasteiger partial charge in [-0.25, -0.2) is 4.98 Å². The zero-order valence-corrected chi connectivity index (χ0v) is 13.8. The zero-order chi connectivity index (χ0) is 14.5. The Morgan fingerprint density at radius 3 is 2.95 bits per heavy atom. The summed E-state index contributed by atoms with van der Waals surface area (Å²) in [6.45, 7) is 3.95. The van der Waals surface area contributed by atoms with Crippen molar-refractivity contribution < 1.29 is 4.79 Å². The average Bonchev–Trinajstić information content (AvgIpc) is 2.94. The number of aromatic nitrogens is 1. The van der Waals surface area contributed by atoms with Crippen LogP contribution in [0.2, 0.25) is 0 Å². The van der Waals surface area contributed by atoms with Gasteiger partial charge in [0, 0.05) is 18.5 Å². The second-order valence-corrected chi connectivity index (χ2v) is 7.31. The lowest BCUT2D eigenvalue weighted by atomic mass is 9.99. The van der Waals surface area contributed by atoms with Crippen molar-refractivity contribution in [3.05, 3.63) is 16.1 Å². The van der Waals surface area contributed by atoms with Crippen molar-refractivity contribution >= 4 is 29.0 Å². The van der Waals surface area contributed by atoms with E-state index in [9.17, 15) is 4.79 Å². The van der Waals surface area contributed by atoms with E-state index in [0.717, 1.165) is 49.0 Å². The number of nitrogens with zero attached hydrogens (tertiary/aromatic N) is 2. The minimum Gasteiger partial charge on any atom is -0.337 e. The quantitative estimate of drug-likeness (QED) is 0.908. The van der Waals surface area contributed by atoms with Gasteiger partial charge in [-0.2, -0.15) is 11.8 Å². The van der Waals surface area contributed by atoms with Crippen molar-refractivity contribution in [2.75, 3.05) is 25.1 Å². The molecule has 20 heavy (non-hydrogen) atoms. The van der Waals surface area contributed by atoms with Crippen LogP contribution in [0.15, 0.2) is 5.38 Å². The van der Waals surface area contributed by atoms with E-state index < -0.39 is 0 Å². The number of amides is 1. The van der Waals surface area contributed by atoms with Crippen LogP contribution >= 0.6 is 23.1 Å². The molecule has 1 saturated heterocycles. The molecule has 1 unspecified atom stereocenters. The Morgan fingerprint density at radius 1 is 1.60 bits per heavy atom. The number of likely N-dealkylation sites (tertiary alicyclic amines) is 1. The van der Waals surface area contributed by atoms with Gasteiger partial charge in [-0.05, 0) is 37.2 Å². The molecule has 112 valence electrons. The fourth-order valence-corrected chi connectivity index (χ4v) is 3.62. The van der Waals surface area contributed by atoms with Crippen LogP contribution in [-0.2, 0) is 0 Å². The molecule has 0 saturated carbocycles. The molecule has 2 heterocycles. The van der Waals surface area contributed by atoms with Crippen molar-refractivity contribution in [2.45, 2.75) is 32.2 Å². The van der Waals surface area contributed by atoms with Crippen molar-refractivity contribution in [2.24, 2.45) is 11.7 Å². The van der Waals surface area contributed by atoms with Crippen LogP contribution in [0, 0.1) is 5.92 Å². The largest absolute Gasteiger partial charge is 0.337 e. The first kappa shape index (κ1) is 15.8. The van der Waals surface area contributed by atoms with Crippen LogP contribution in [0.4, 0.5) is 0 Å². The van der Waals surface area contributed by atoms with Gasteiger partial charge in [0.15, 0.2) is 0 Å². The van der Waals surface area contributed by atoms with Crippen LogP contribution in [0.25, 0.3) is 0 Å². The fourth-order valence-electron chi connectivity index (χ4n) is 2.30. The number of rotatable bonds is 5. The predicted molar refractivity (Wildman–Crippen MR) is 86.3 cm³/mol. The van der Waals surface area contributed by atoms with Gasteiger partial charge in [-0.1, -0.05) is 6.92 Å². The van der Waals surface area contributed by atoms with E-state index in [-0.39, 0.29) is 11.9 Å². The molecule has 1 aromatic heterocycles. The first-order valence-corrected chi connectivity index (χ1v) is 9.38. The molecule has 4 nitrogen and oxygen atoms in total. The molecule has 1 aromatic rings. The molecule has 0 radical (unpaired) electrons. The Labute approximate surface area is 129 Å². The van der Waals surface area contributed by atoms with Crippen LogP contribution in [-0.4, -0.2) is 40.9 Å². The summed E-state index contributed by atoms with van der Waals surface area (Å²) < 4.78 is 0. The van der Waals surface area contributed by atoms with Crippen LogP contribution in [0.3, 0.4) is 0 Å². The van der Waals surface area contributed by atoms with Crippen molar-refractivity contribution in [3.8, 4) is 0 Å². The summed E-state index contributed by atoms with van der Waals surface area (Å²) in [4.78, 5) is 18.8. The topological polar surface area (TPSA) is 59.2 Å². The van der Waals surface area contributed by atoms with E-state index in [0.29, 0.717) is 5.69 Å². The predicted octanol–water partition coefficient (Wildman–Crippen LogP) is 2.77. The minimum absolute atomic E-state index is 0.0459. The van der Waals surface area contributed by atoms with Gasteiger partial charge >= 0.3 is 0 Å². The molecular formula is C14H23N3OS2. The van der Waals surface area contributed by atoms with Crippen LogP contribution < -0.4 is 5.73 Å². The average molecular weight is 313 g/mol. The van der Waals surface area contributed by atoms with E-state index >= 15 is 0 Å². The Balaban J connectivity index is 1.95. The maximum absolute atomic E-state index is 12.4. The molecule has 1 aliphatic rings. The lowest BCUT2D eigenvalue weighted by molar-refractivity contribution is 0.0692. The third-order valence-electron chi connectivity index (χ3n) is 3.76. The number of hydrogen-bond acceptors (Lipinski definition) is 5.